The van der Waals surface area contributed by atoms with Gasteiger partial charge in [0.05, 0.1) is 5.69 Å². The van der Waals surface area contributed by atoms with Gasteiger partial charge in [-0.25, -0.2) is 0 Å². The number of halogens is 1. The largest absolute Gasteiger partial charge is 0.396 e. The predicted octanol–water partition coefficient (Wildman–Crippen LogP) is 2.12. The van der Waals surface area contributed by atoms with Crippen molar-refractivity contribution < 1.29 is 13.5 Å². The maximum absolute atomic E-state index is 12.4. The fraction of sp³-hybridized carbons (Fsp3) is 0.538. The highest BCUT2D eigenvalue weighted by Gasteiger charge is 2.28. The molecule has 112 valence electrons. The summed E-state index contributed by atoms with van der Waals surface area (Å²) in [4.78, 5) is 0. The highest BCUT2D eigenvalue weighted by atomic mass is 79.9. The first-order valence-corrected chi connectivity index (χ1v) is 8.81. The lowest BCUT2D eigenvalue weighted by atomic mass is 10.00. The summed E-state index contributed by atoms with van der Waals surface area (Å²) in [6, 6.07) is 5.42. The Kier molecular flexibility index (Phi) is 5.06. The van der Waals surface area contributed by atoms with E-state index >= 15 is 0 Å². The predicted molar refractivity (Wildman–Crippen MR) is 82.8 cm³/mol. The summed E-state index contributed by atoms with van der Waals surface area (Å²) in [5, 5.41) is 9.09. The van der Waals surface area contributed by atoms with Crippen molar-refractivity contribution in [3.63, 3.8) is 0 Å². The third-order valence-corrected chi connectivity index (χ3v) is 6.06. The van der Waals surface area contributed by atoms with Gasteiger partial charge in [-0.2, -0.15) is 12.7 Å². The summed E-state index contributed by atoms with van der Waals surface area (Å²) >= 11 is 3.39. The summed E-state index contributed by atoms with van der Waals surface area (Å²) in [7, 11) is -3.53. The quantitative estimate of drug-likeness (QED) is 0.861. The van der Waals surface area contributed by atoms with Gasteiger partial charge in [-0.15, -0.1) is 0 Å². The number of rotatable bonds is 4. The molecule has 1 heterocycles. The lowest BCUT2D eigenvalue weighted by molar-refractivity contribution is 0.170. The first-order chi connectivity index (χ1) is 9.44. The summed E-state index contributed by atoms with van der Waals surface area (Å²) < 4.78 is 29.7. The lowest BCUT2D eigenvalue weighted by Gasteiger charge is -2.30. The van der Waals surface area contributed by atoms with E-state index in [1.54, 1.807) is 12.1 Å². The first kappa shape index (κ1) is 15.8. The number of aliphatic hydroxyl groups excluding tert-OH is 1. The molecule has 1 aliphatic rings. The van der Waals surface area contributed by atoms with Crippen molar-refractivity contribution in [1.29, 1.82) is 0 Å². The Morgan fingerprint density at radius 1 is 1.40 bits per heavy atom. The van der Waals surface area contributed by atoms with E-state index in [4.69, 9.17) is 5.11 Å². The Morgan fingerprint density at radius 3 is 2.65 bits per heavy atom. The average molecular weight is 363 g/mol. The normalized spacial score (nSPS) is 18.1. The van der Waals surface area contributed by atoms with Crippen LogP contribution in [0.5, 0.6) is 0 Å². The SMILES string of the molecule is Cc1c(Br)cccc1NS(=O)(=O)N1CCC(CO)CC1. The highest BCUT2D eigenvalue weighted by molar-refractivity contribution is 9.10. The van der Waals surface area contributed by atoms with Gasteiger partial charge in [0.1, 0.15) is 0 Å². The van der Waals surface area contributed by atoms with Crippen molar-refractivity contribution in [2.24, 2.45) is 5.92 Å². The smallest absolute Gasteiger partial charge is 0.301 e. The van der Waals surface area contributed by atoms with Crippen molar-refractivity contribution in [3.8, 4) is 0 Å². The molecule has 1 fully saturated rings. The lowest BCUT2D eigenvalue weighted by Crippen LogP contribution is -2.42. The average Bonchev–Trinajstić information content (AvgIpc) is 2.44. The van der Waals surface area contributed by atoms with Gasteiger partial charge >= 0.3 is 10.2 Å². The summed E-state index contributed by atoms with van der Waals surface area (Å²) in [6.45, 7) is 2.90. The highest BCUT2D eigenvalue weighted by Crippen LogP contribution is 2.26. The molecule has 0 unspecified atom stereocenters. The molecule has 5 nitrogen and oxygen atoms in total. The number of benzene rings is 1. The molecular weight excluding hydrogens is 344 g/mol. The van der Waals surface area contributed by atoms with Gasteiger partial charge < -0.3 is 5.11 Å². The van der Waals surface area contributed by atoms with Gasteiger partial charge in [0.25, 0.3) is 0 Å². The first-order valence-electron chi connectivity index (χ1n) is 6.58. The monoisotopic (exact) mass is 362 g/mol. The van der Waals surface area contributed by atoms with Crippen molar-refractivity contribution >= 4 is 31.8 Å². The molecule has 7 heteroatoms. The molecule has 2 rings (SSSR count). The molecule has 0 spiro atoms. The summed E-state index contributed by atoms with van der Waals surface area (Å²) in [6.07, 6.45) is 1.41. The number of anilines is 1. The van der Waals surface area contributed by atoms with Crippen LogP contribution in [0.2, 0.25) is 0 Å². The number of hydrogen-bond donors (Lipinski definition) is 2. The van der Waals surface area contributed by atoms with Gasteiger partial charge in [0.15, 0.2) is 0 Å². The second-order valence-electron chi connectivity index (χ2n) is 5.04. The second kappa shape index (κ2) is 6.43. The van der Waals surface area contributed by atoms with Gasteiger partial charge in [-0.05, 0) is 43.4 Å². The second-order valence-corrected chi connectivity index (χ2v) is 7.57. The number of nitrogens with zero attached hydrogens (tertiary/aromatic N) is 1. The van der Waals surface area contributed by atoms with Gasteiger partial charge in [-0.1, -0.05) is 22.0 Å². The molecule has 0 amide bonds. The molecule has 1 saturated heterocycles. The standard InChI is InChI=1S/C13H19BrN2O3S/c1-10-12(14)3-2-4-13(10)15-20(18,19)16-7-5-11(9-17)6-8-16/h2-4,11,15,17H,5-9H2,1H3. The molecular formula is C13H19BrN2O3S. The fourth-order valence-corrected chi connectivity index (χ4v) is 3.94. The molecule has 0 aromatic heterocycles. The topological polar surface area (TPSA) is 69.6 Å². The molecule has 0 radical (unpaired) electrons. The van der Waals surface area contributed by atoms with E-state index in [0.717, 1.165) is 10.0 Å². The van der Waals surface area contributed by atoms with Crippen LogP contribution in [0, 0.1) is 12.8 Å². The van der Waals surface area contributed by atoms with Crippen molar-refractivity contribution in [2.75, 3.05) is 24.4 Å². The van der Waals surface area contributed by atoms with Crippen LogP contribution in [-0.4, -0.2) is 37.5 Å². The molecule has 1 aromatic carbocycles. The zero-order valence-electron chi connectivity index (χ0n) is 11.3. The number of nitrogens with one attached hydrogen (secondary N) is 1. The molecule has 0 aliphatic carbocycles. The number of hydrogen-bond acceptors (Lipinski definition) is 3. The number of piperidine rings is 1. The van der Waals surface area contributed by atoms with Gasteiger partial charge in [0.2, 0.25) is 0 Å². The van der Waals surface area contributed by atoms with Crippen LogP contribution in [0.25, 0.3) is 0 Å². The van der Waals surface area contributed by atoms with Crippen molar-refractivity contribution in [2.45, 2.75) is 19.8 Å². The zero-order valence-corrected chi connectivity index (χ0v) is 13.7. The minimum atomic E-state index is -3.53. The van der Waals surface area contributed by atoms with Crippen LogP contribution >= 0.6 is 15.9 Å². The van der Waals surface area contributed by atoms with E-state index in [9.17, 15) is 8.42 Å². The minimum absolute atomic E-state index is 0.131. The van der Waals surface area contributed by atoms with Crippen LogP contribution in [0.1, 0.15) is 18.4 Å². The Bertz CT molecular complexity index is 569. The van der Waals surface area contributed by atoms with Crippen molar-refractivity contribution in [1.82, 2.24) is 4.31 Å². The Labute approximate surface area is 128 Å². The Morgan fingerprint density at radius 2 is 2.05 bits per heavy atom. The van der Waals surface area contributed by atoms with E-state index in [-0.39, 0.29) is 12.5 Å². The molecule has 1 aromatic rings. The summed E-state index contributed by atoms with van der Waals surface area (Å²) in [5.41, 5.74) is 1.45. The summed E-state index contributed by atoms with van der Waals surface area (Å²) in [5.74, 6) is 0.217. The molecule has 2 N–H and O–H groups in total. The maximum atomic E-state index is 12.4. The third kappa shape index (κ3) is 3.52. The minimum Gasteiger partial charge on any atom is -0.396 e. The van der Waals surface area contributed by atoms with Crippen LogP contribution in [0.15, 0.2) is 22.7 Å². The fourth-order valence-electron chi connectivity index (χ4n) is 2.25. The molecule has 0 atom stereocenters. The van der Waals surface area contributed by atoms with E-state index in [2.05, 4.69) is 20.7 Å². The van der Waals surface area contributed by atoms with Gasteiger partial charge in [-0.3, -0.25) is 4.72 Å². The molecule has 1 aliphatic heterocycles. The molecule has 0 saturated carbocycles. The van der Waals surface area contributed by atoms with Gasteiger partial charge in [0, 0.05) is 24.2 Å². The van der Waals surface area contributed by atoms with E-state index < -0.39 is 10.2 Å². The Hall–Kier alpha value is -0.630. The zero-order chi connectivity index (χ0) is 14.8. The number of aliphatic hydroxyl groups is 1. The van der Waals surface area contributed by atoms with E-state index in [1.807, 2.05) is 13.0 Å². The Balaban J connectivity index is 2.10. The third-order valence-electron chi connectivity index (χ3n) is 3.68. The van der Waals surface area contributed by atoms with Crippen LogP contribution in [-0.2, 0) is 10.2 Å². The van der Waals surface area contributed by atoms with Crippen molar-refractivity contribution in [3.05, 3.63) is 28.2 Å². The van der Waals surface area contributed by atoms with Crippen LogP contribution < -0.4 is 4.72 Å². The van der Waals surface area contributed by atoms with Crippen LogP contribution in [0.3, 0.4) is 0 Å². The molecule has 0 bridgehead atoms. The maximum Gasteiger partial charge on any atom is 0.301 e. The van der Waals surface area contributed by atoms with E-state index in [0.29, 0.717) is 31.6 Å². The van der Waals surface area contributed by atoms with E-state index in [1.165, 1.54) is 4.31 Å². The van der Waals surface area contributed by atoms with Crippen LogP contribution in [0.4, 0.5) is 5.69 Å². The molecule has 20 heavy (non-hydrogen) atoms.